The molecule has 0 aliphatic carbocycles. The molecule has 1 aliphatic rings. The quantitative estimate of drug-likeness (QED) is 0.0596. The molecule has 0 radical (unpaired) electrons. The fraction of sp³-hybridized carbons (Fsp3) is 0.356. The van der Waals surface area contributed by atoms with Crippen LogP contribution in [0.4, 0.5) is 16.2 Å². The maximum absolute atomic E-state index is 14.6. The summed E-state index contributed by atoms with van der Waals surface area (Å²) in [5, 5.41) is 2.47. The Morgan fingerprint density at radius 3 is 1.92 bits per heavy atom. The highest BCUT2D eigenvalue weighted by atomic mass is 35.5. The van der Waals surface area contributed by atoms with E-state index in [0.29, 0.717) is 11.3 Å². The number of fused-ring (bicyclic) bond motifs is 1. The SMILES string of the molecule is CCCCCCCCCCCCNS(=O)(=O)c1ccc(Cl)c(NS(=O)(=O)c2ccc(Cl)c(NC(=O)C(c3nc4ccccc4c(=O)n3-c3ccccc3)N3C(=O)OC(C)(C)C3=O)c2)c1. The molecule has 64 heavy (non-hydrogen) atoms. The second-order valence-electron chi connectivity index (χ2n) is 15.9. The van der Waals surface area contributed by atoms with Crippen LogP contribution >= 0.6 is 23.2 Å². The summed E-state index contributed by atoms with van der Waals surface area (Å²) in [7, 11) is -8.60. The number of para-hydroxylation sites is 2. The van der Waals surface area contributed by atoms with Crippen molar-refractivity contribution in [3.63, 3.8) is 0 Å². The van der Waals surface area contributed by atoms with E-state index in [1.54, 1.807) is 48.5 Å². The lowest BCUT2D eigenvalue weighted by atomic mass is 10.1. The van der Waals surface area contributed by atoms with E-state index < -0.39 is 60.1 Å². The third-order valence-corrected chi connectivity index (χ3v) is 14.1. The van der Waals surface area contributed by atoms with E-state index in [-0.39, 0.29) is 55.3 Å². The fourth-order valence-corrected chi connectivity index (χ4v) is 9.82. The number of imide groups is 1. The topological polar surface area (TPSA) is 203 Å². The van der Waals surface area contributed by atoms with Gasteiger partial charge in [0.1, 0.15) is 5.82 Å². The predicted octanol–water partition coefficient (Wildman–Crippen LogP) is 9.13. The Kier molecular flexibility index (Phi) is 15.5. The van der Waals surface area contributed by atoms with Gasteiger partial charge in [0.2, 0.25) is 10.0 Å². The molecule has 0 bridgehead atoms. The van der Waals surface area contributed by atoms with Crippen molar-refractivity contribution in [3.05, 3.63) is 117 Å². The summed E-state index contributed by atoms with van der Waals surface area (Å²) in [5.74, 6) is -2.36. The first kappa shape index (κ1) is 48.1. The largest absolute Gasteiger partial charge is 0.433 e. The molecule has 1 aromatic heterocycles. The lowest BCUT2D eigenvalue weighted by Gasteiger charge is -2.26. The molecule has 4 aromatic carbocycles. The third-order valence-electron chi connectivity index (χ3n) is 10.7. The van der Waals surface area contributed by atoms with Gasteiger partial charge in [0, 0.05) is 6.54 Å². The summed E-state index contributed by atoms with van der Waals surface area (Å²) in [5.41, 5.74) is -2.41. The average molecular weight is 954 g/mol. The molecule has 3 amide bonds. The molecule has 1 unspecified atom stereocenters. The Morgan fingerprint density at radius 1 is 0.734 bits per heavy atom. The molecule has 3 N–H and O–H groups in total. The number of unbranched alkanes of at least 4 members (excludes halogenated alkanes) is 9. The second kappa shape index (κ2) is 20.7. The van der Waals surface area contributed by atoms with E-state index in [1.165, 1.54) is 70.2 Å². The van der Waals surface area contributed by atoms with E-state index in [1.807, 2.05) is 0 Å². The van der Waals surface area contributed by atoms with Crippen LogP contribution in [0, 0.1) is 0 Å². The number of carbonyl (C=O) groups excluding carboxylic acids is 3. The van der Waals surface area contributed by atoms with Crippen LogP contribution in [0.1, 0.15) is 96.8 Å². The summed E-state index contributed by atoms with van der Waals surface area (Å²) < 4.78 is 65.6. The molecule has 6 rings (SSSR count). The minimum atomic E-state index is -4.56. The molecule has 0 spiro atoms. The first-order valence-corrected chi connectivity index (χ1v) is 24.7. The molecule has 15 nitrogen and oxygen atoms in total. The van der Waals surface area contributed by atoms with Gasteiger partial charge in [0.05, 0.1) is 47.8 Å². The summed E-state index contributed by atoms with van der Waals surface area (Å²) in [4.78, 5) is 60.6. The zero-order chi connectivity index (χ0) is 46.2. The zero-order valence-corrected chi connectivity index (χ0v) is 38.7. The van der Waals surface area contributed by atoms with Gasteiger partial charge in [-0.25, -0.2) is 36.2 Å². The second-order valence-corrected chi connectivity index (χ2v) is 20.1. The van der Waals surface area contributed by atoms with E-state index in [4.69, 9.17) is 27.9 Å². The molecule has 340 valence electrons. The number of ether oxygens (including phenoxy) is 1. The van der Waals surface area contributed by atoms with E-state index >= 15 is 0 Å². The van der Waals surface area contributed by atoms with Crippen LogP contribution in [0.3, 0.4) is 0 Å². The fourth-order valence-electron chi connectivity index (χ4n) is 7.24. The van der Waals surface area contributed by atoms with Gasteiger partial charge in [0.15, 0.2) is 11.6 Å². The number of benzene rings is 4. The van der Waals surface area contributed by atoms with Crippen molar-refractivity contribution in [3.8, 4) is 5.69 Å². The number of rotatable bonds is 21. The zero-order valence-electron chi connectivity index (χ0n) is 35.6. The number of anilines is 2. The van der Waals surface area contributed by atoms with Gasteiger partial charge < -0.3 is 10.1 Å². The van der Waals surface area contributed by atoms with Crippen molar-refractivity contribution in [1.82, 2.24) is 19.2 Å². The molecule has 0 saturated carbocycles. The Balaban J connectivity index is 1.25. The summed E-state index contributed by atoms with van der Waals surface area (Å²) >= 11 is 12.9. The summed E-state index contributed by atoms with van der Waals surface area (Å²) in [6.45, 7) is 5.07. The Labute approximate surface area is 382 Å². The van der Waals surface area contributed by atoms with Gasteiger partial charge in [-0.3, -0.25) is 23.7 Å². The highest BCUT2D eigenvalue weighted by Gasteiger charge is 2.53. The minimum absolute atomic E-state index is 0.0972. The van der Waals surface area contributed by atoms with Crippen molar-refractivity contribution in [1.29, 1.82) is 0 Å². The number of cyclic esters (lactones) is 1. The van der Waals surface area contributed by atoms with Crippen molar-refractivity contribution < 1.29 is 36.0 Å². The number of sulfonamides is 2. The first-order chi connectivity index (χ1) is 30.4. The highest BCUT2D eigenvalue weighted by molar-refractivity contribution is 7.92. The van der Waals surface area contributed by atoms with Gasteiger partial charge in [0.25, 0.3) is 27.4 Å². The van der Waals surface area contributed by atoms with Crippen molar-refractivity contribution in [2.75, 3.05) is 16.6 Å². The Bertz CT molecular complexity index is 2820. The number of hydrogen-bond donors (Lipinski definition) is 3. The van der Waals surface area contributed by atoms with E-state index in [2.05, 4.69) is 26.7 Å². The molecule has 1 atom stereocenters. The number of halogens is 2. The van der Waals surface area contributed by atoms with Crippen LogP contribution in [0.15, 0.2) is 106 Å². The number of hydrogen-bond acceptors (Lipinski definition) is 10. The lowest BCUT2D eigenvalue weighted by Crippen LogP contribution is -2.45. The molecule has 1 aliphatic heterocycles. The van der Waals surface area contributed by atoms with Crippen LogP contribution in [0.2, 0.25) is 10.0 Å². The van der Waals surface area contributed by atoms with Crippen LogP contribution in [-0.2, 0) is 34.4 Å². The van der Waals surface area contributed by atoms with Gasteiger partial charge >= 0.3 is 6.09 Å². The van der Waals surface area contributed by atoms with Crippen LogP contribution in [-0.4, -0.2) is 61.3 Å². The predicted molar refractivity (Wildman–Crippen MR) is 247 cm³/mol. The van der Waals surface area contributed by atoms with Gasteiger partial charge in [-0.15, -0.1) is 0 Å². The lowest BCUT2D eigenvalue weighted by molar-refractivity contribution is -0.139. The summed E-state index contributed by atoms with van der Waals surface area (Å²) in [6, 6.07) is 19.5. The average Bonchev–Trinajstić information content (AvgIpc) is 3.46. The Hall–Kier alpha value is -5.33. The van der Waals surface area contributed by atoms with Gasteiger partial charge in [-0.1, -0.05) is 118 Å². The van der Waals surface area contributed by atoms with E-state index in [0.717, 1.165) is 48.4 Å². The van der Waals surface area contributed by atoms with Crippen LogP contribution < -0.4 is 20.3 Å². The molecule has 1 fully saturated rings. The smallest absolute Gasteiger partial charge is 0.418 e. The van der Waals surface area contributed by atoms with Crippen LogP contribution in [0.25, 0.3) is 16.6 Å². The van der Waals surface area contributed by atoms with Gasteiger partial charge in [-0.05, 0) is 80.9 Å². The molecule has 1 saturated heterocycles. The number of carbonyl (C=O) groups is 3. The number of nitrogens with one attached hydrogen (secondary N) is 3. The molecular weight excluding hydrogens is 904 g/mol. The molecular formula is C45H50Cl2N6O9S2. The normalized spacial score (nSPS) is 14.4. The van der Waals surface area contributed by atoms with Crippen molar-refractivity contribution in [2.45, 2.75) is 106 Å². The number of nitrogens with zero attached hydrogens (tertiary/aromatic N) is 3. The molecule has 2 heterocycles. The van der Waals surface area contributed by atoms with Crippen molar-refractivity contribution >= 4 is 83.4 Å². The Morgan fingerprint density at radius 2 is 1.30 bits per heavy atom. The maximum atomic E-state index is 14.6. The van der Waals surface area contributed by atoms with Crippen molar-refractivity contribution in [2.24, 2.45) is 0 Å². The molecule has 19 heteroatoms. The standard InChI is InChI=1S/C45H50Cl2N6O9S2/c1-4-5-6-7-8-9-10-11-12-18-27-48-63(58,59)31-23-26-35(47)38(29-31)51-64(60,61)32-24-25-34(46)37(28-32)50-41(54)39(53-43(56)45(2,3)62-44(53)57)40-49-36-22-17-16-21-33(36)42(55)52(40)30-19-14-13-15-20-30/h13-17,19-26,28-29,39,48,51H,4-12,18,27H2,1-3H3,(H,50,54). The monoisotopic (exact) mass is 952 g/mol. The third kappa shape index (κ3) is 11.1. The number of amides is 3. The first-order valence-electron chi connectivity index (χ1n) is 21.0. The summed E-state index contributed by atoms with van der Waals surface area (Å²) in [6.07, 6.45) is 9.73. The van der Waals surface area contributed by atoms with Crippen LogP contribution in [0.5, 0.6) is 0 Å². The van der Waals surface area contributed by atoms with Gasteiger partial charge in [-0.2, -0.15) is 0 Å². The highest BCUT2D eigenvalue weighted by Crippen LogP contribution is 2.35. The maximum Gasteiger partial charge on any atom is 0.418 e. The van der Waals surface area contributed by atoms with E-state index in [9.17, 15) is 36.0 Å². The molecule has 5 aromatic rings. The minimum Gasteiger partial charge on any atom is -0.433 e. The number of aromatic nitrogens is 2.